The molecule has 0 aliphatic carbocycles. The van der Waals surface area contributed by atoms with Crippen LogP contribution in [0.4, 0.5) is 30.2 Å². The molecule has 34 heavy (non-hydrogen) atoms. The van der Waals surface area contributed by atoms with Gasteiger partial charge in [-0.3, -0.25) is 39.6 Å². The summed E-state index contributed by atoms with van der Waals surface area (Å²) in [4.78, 5) is 50.5. The molecule has 0 saturated carbocycles. The van der Waals surface area contributed by atoms with Crippen molar-refractivity contribution in [2.45, 2.75) is 6.18 Å². The number of carbonyl (C=O) groups excluding carboxylic acids is 2. The number of hydrogen-bond donors (Lipinski definition) is 0. The van der Waals surface area contributed by atoms with E-state index in [0.29, 0.717) is 6.07 Å². The Morgan fingerprint density at radius 2 is 1.53 bits per heavy atom. The van der Waals surface area contributed by atoms with Gasteiger partial charge < -0.3 is 4.90 Å². The van der Waals surface area contributed by atoms with E-state index in [1.165, 1.54) is 12.1 Å². The number of carbonyl (C=O) groups is 2. The predicted octanol–water partition coefficient (Wildman–Crippen LogP) is 2.90. The monoisotopic (exact) mass is 479 g/mol. The summed E-state index contributed by atoms with van der Waals surface area (Å²) in [6, 6.07) is 6.13. The SMILES string of the molecule is O=C1c2cccc([N+](=O)[O-])c2C(=O)N1CN1CCN(c2ccc(C(F)(F)F)cc2[N+](=O)[O-])CC1. The van der Waals surface area contributed by atoms with Gasteiger partial charge in [-0.05, 0) is 18.2 Å². The first kappa shape index (κ1) is 23.1. The number of nitro groups is 2. The van der Waals surface area contributed by atoms with E-state index < -0.39 is 44.8 Å². The number of halogens is 3. The summed E-state index contributed by atoms with van der Waals surface area (Å²) < 4.78 is 38.8. The van der Waals surface area contributed by atoms with E-state index in [1.807, 2.05) is 0 Å². The maximum Gasteiger partial charge on any atom is 0.416 e. The quantitative estimate of drug-likeness (QED) is 0.364. The van der Waals surface area contributed by atoms with E-state index in [2.05, 4.69) is 0 Å². The van der Waals surface area contributed by atoms with Crippen molar-refractivity contribution in [3.8, 4) is 0 Å². The summed E-state index contributed by atoms with van der Waals surface area (Å²) in [5, 5.41) is 22.6. The molecule has 0 radical (unpaired) electrons. The van der Waals surface area contributed by atoms with Gasteiger partial charge in [0.15, 0.2) is 0 Å². The molecule has 2 heterocycles. The highest BCUT2D eigenvalue weighted by Gasteiger charge is 2.42. The molecule has 11 nitrogen and oxygen atoms in total. The van der Waals surface area contributed by atoms with E-state index in [0.717, 1.165) is 23.1 Å². The minimum absolute atomic E-state index is 0.0361. The molecule has 14 heteroatoms. The van der Waals surface area contributed by atoms with Crippen molar-refractivity contribution in [3.63, 3.8) is 0 Å². The van der Waals surface area contributed by atoms with Crippen molar-refractivity contribution in [1.82, 2.24) is 9.80 Å². The maximum absolute atomic E-state index is 12.9. The Morgan fingerprint density at radius 1 is 0.882 bits per heavy atom. The molecule has 0 atom stereocenters. The lowest BCUT2D eigenvalue weighted by Gasteiger charge is -2.37. The molecule has 2 aliphatic rings. The van der Waals surface area contributed by atoms with Crippen molar-refractivity contribution in [1.29, 1.82) is 0 Å². The normalized spacial score (nSPS) is 16.7. The van der Waals surface area contributed by atoms with Gasteiger partial charge in [0.05, 0.1) is 27.6 Å². The van der Waals surface area contributed by atoms with Crippen LogP contribution in [0.15, 0.2) is 36.4 Å². The first-order valence-corrected chi connectivity index (χ1v) is 9.95. The first-order valence-electron chi connectivity index (χ1n) is 9.95. The number of amides is 2. The fraction of sp³-hybridized carbons (Fsp3) is 0.300. The van der Waals surface area contributed by atoms with E-state index in [-0.39, 0.29) is 49.7 Å². The summed E-state index contributed by atoms with van der Waals surface area (Å²) in [6.45, 7) is 0.721. The van der Waals surface area contributed by atoms with Crippen molar-refractivity contribution in [3.05, 3.63) is 73.3 Å². The summed E-state index contributed by atoms with van der Waals surface area (Å²) in [7, 11) is 0. The summed E-state index contributed by atoms with van der Waals surface area (Å²) in [5.41, 5.74) is -2.54. The largest absolute Gasteiger partial charge is 0.416 e. The molecule has 1 fully saturated rings. The zero-order chi connectivity index (χ0) is 24.8. The molecule has 178 valence electrons. The van der Waals surface area contributed by atoms with Gasteiger partial charge in [-0.2, -0.15) is 13.2 Å². The first-order chi connectivity index (χ1) is 16.0. The number of piperazine rings is 1. The van der Waals surface area contributed by atoms with Crippen LogP contribution in [-0.2, 0) is 6.18 Å². The molecule has 2 aromatic rings. The maximum atomic E-state index is 12.9. The zero-order valence-corrected chi connectivity index (χ0v) is 17.3. The van der Waals surface area contributed by atoms with Crippen LogP contribution in [-0.4, -0.2) is 64.3 Å². The van der Waals surface area contributed by atoms with Crippen LogP contribution in [0.25, 0.3) is 0 Å². The number of fused-ring (bicyclic) bond motifs is 1. The molecular weight excluding hydrogens is 463 g/mol. The summed E-state index contributed by atoms with van der Waals surface area (Å²) in [6.07, 6.45) is -4.72. The fourth-order valence-corrected chi connectivity index (χ4v) is 4.04. The van der Waals surface area contributed by atoms with Crippen LogP contribution in [0.5, 0.6) is 0 Å². The lowest BCUT2D eigenvalue weighted by molar-refractivity contribution is -0.385. The lowest BCUT2D eigenvalue weighted by atomic mass is 10.1. The van der Waals surface area contributed by atoms with Gasteiger partial charge in [0.25, 0.3) is 23.2 Å². The molecule has 0 unspecified atom stereocenters. The smallest absolute Gasteiger partial charge is 0.363 e. The van der Waals surface area contributed by atoms with Gasteiger partial charge in [-0.15, -0.1) is 0 Å². The zero-order valence-electron chi connectivity index (χ0n) is 17.3. The average molecular weight is 479 g/mol. The van der Waals surface area contributed by atoms with Gasteiger partial charge in [0, 0.05) is 38.3 Å². The van der Waals surface area contributed by atoms with Gasteiger partial charge in [-0.25, -0.2) is 0 Å². The Bertz CT molecular complexity index is 1210. The van der Waals surface area contributed by atoms with Crippen LogP contribution in [0.3, 0.4) is 0 Å². The van der Waals surface area contributed by atoms with E-state index >= 15 is 0 Å². The van der Waals surface area contributed by atoms with Gasteiger partial charge in [0.2, 0.25) is 0 Å². The molecule has 0 aromatic heterocycles. The molecule has 0 N–H and O–H groups in total. The molecule has 2 amide bonds. The number of hydrogen-bond acceptors (Lipinski definition) is 8. The minimum atomic E-state index is -4.72. The van der Waals surface area contributed by atoms with Crippen LogP contribution < -0.4 is 4.90 Å². The van der Waals surface area contributed by atoms with Crippen molar-refractivity contribution in [2.75, 3.05) is 37.7 Å². The molecular formula is C20H16F3N5O6. The second-order valence-corrected chi connectivity index (χ2v) is 7.70. The predicted molar refractivity (Wildman–Crippen MR) is 110 cm³/mol. The Hall–Kier alpha value is -4.07. The van der Waals surface area contributed by atoms with Gasteiger partial charge in [-0.1, -0.05) is 6.07 Å². The second kappa shape index (κ2) is 8.37. The number of imide groups is 1. The third-order valence-electron chi connectivity index (χ3n) is 5.73. The van der Waals surface area contributed by atoms with E-state index in [1.54, 1.807) is 9.80 Å². The highest BCUT2D eigenvalue weighted by Crippen LogP contribution is 2.37. The van der Waals surface area contributed by atoms with E-state index in [9.17, 15) is 43.0 Å². The molecule has 0 bridgehead atoms. The molecule has 0 spiro atoms. The third kappa shape index (κ3) is 4.03. The number of benzene rings is 2. The second-order valence-electron chi connectivity index (χ2n) is 7.70. The van der Waals surface area contributed by atoms with Crippen molar-refractivity contribution < 1.29 is 32.6 Å². The molecule has 2 aliphatic heterocycles. The third-order valence-corrected chi connectivity index (χ3v) is 5.73. The van der Waals surface area contributed by atoms with Crippen LogP contribution in [0.2, 0.25) is 0 Å². The van der Waals surface area contributed by atoms with E-state index in [4.69, 9.17) is 0 Å². The number of rotatable bonds is 5. The number of nitrogens with zero attached hydrogens (tertiary/aromatic N) is 5. The summed E-state index contributed by atoms with van der Waals surface area (Å²) in [5.74, 6) is -1.45. The minimum Gasteiger partial charge on any atom is -0.363 e. The van der Waals surface area contributed by atoms with Crippen LogP contribution >= 0.6 is 0 Å². The molecule has 2 aromatic carbocycles. The Morgan fingerprint density at radius 3 is 2.12 bits per heavy atom. The summed E-state index contributed by atoms with van der Waals surface area (Å²) >= 11 is 0. The Labute approximate surface area is 189 Å². The lowest BCUT2D eigenvalue weighted by Crippen LogP contribution is -2.51. The Balaban J connectivity index is 1.47. The highest BCUT2D eigenvalue weighted by molar-refractivity contribution is 6.23. The number of alkyl halides is 3. The standard InChI is InChI=1S/C20H16F3N5O6/c21-20(22,23)12-4-5-14(16(10-12)28(33)34)25-8-6-24(7-9-25)11-26-18(29)13-2-1-3-15(27(31)32)17(13)19(26)30/h1-5,10H,6-9,11H2. The van der Waals surface area contributed by atoms with Crippen LogP contribution in [0, 0.1) is 20.2 Å². The number of nitro benzene ring substituents is 2. The molecule has 1 saturated heterocycles. The van der Waals surface area contributed by atoms with Gasteiger partial charge in [0.1, 0.15) is 11.3 Å². The highest BCUT2D eigenvalue weighted by atomic mass is 19.4. The molecule has 4 rings (SSSR count). The Kier molecular flexibility index (Phi) is 5.69. The van der Waals surface area contributed by atoms with Crippen molar-refractivity contribution >= 4 is 28.9 Å². The fourth-order valence-electron chi connectivity index (χ4n) is 4.04. The van der Waals surface area contributed by atoms with Gasteiger partial charge >= 0.3 is 6.18 Å². The number of anilines is 1. The average Bonchev–Trinajstić information content (AvgIpc) is 3.03. The van der Waals surface area contributed by atoms with Crippen LogP contribution in [0.1, 0.15) is 26.3 Å². The van der Waals surface area contributed by atoms with Crippen molar-refractivity contribution in [2.24, 2.45) is 0 Å². The topological polar surface area (TPSA) is 130 Å².